The number of halogens is 2. The molecule has 2 aromatic carbocycles. The van der Waals surface area contributed by atoms with Crippen LogP contribution in [0.15, 0.2) is 47.5 Å². The first kappa shape index (κ1) is 24.8. The van der Waals surface area contributed by atoms with E-state index in [4.69, 9.17) is 14.2 Å². The lowest BCUT2D eigenvalue weighted by Gasteiger charge is -2.18. The van der Waals surface area contributed by atoms with Gasteiger partial charge < -0.3 is 24.8 Å². The summed E-state index contributed by atoms with van der Waals surface area (Å²) >= 11 is 0. The lowest BCUT2D eigenvalue weighted by Crippen LogP contribution is -2.42. The van der Waals surface area contributed by atoms with Crippen LogP contribution >= 0.6 is 24.0 Å². The van der Waals surface area contributed by atoms with Gasteiger partial charge in [-0.15, -0.1) is 24.0 Å². The number of guanidine groups is 1. The maximum Gasteiger partial charge on any atom is 0.191 e. The molecule has 0 aliphatic carbocycles. The Morgan fingerprint density at radius 1 is 1.03 bits per heavy atom. The standard InChI is InChI=1S/C21H28FN3O3.HI/c1-15(28-18-8-6-5-7-17(18)22)14-25-21(23-2)24-12-11-16-9-10-19(26-3)20(13-16)27-4;/h5-10,13,15H,11-12,14H2,1-4H3,(H2,23,24,25);1H. The number of rotatable bonds is 9. The van der Waals surface area contributed by atoms with Crippen molar-refractivity contribution in [1.29, 1.82) is 0 Å². The van der Waals surface area contributed by atoms with Gasteiger partial charge in [0.2, 0.25) is 0 Å². The summed E-state index contributed by atoms with van der Waals surface area (Å²) in [5, 5.41) is 6.43. The molecule has 29 heavy (non-hydrogen) atoms. The SMILES string of the molecule is CN=C(NCCc1ccc(OC)c(OC)c1)NCC(C)Oc1ccccc1F.I. The molecule has 0 amide bonds. The molecule has 0 bridgehead atoms. The fourth-order valence-corrected chi connectivity index (χ4v) is 2.62. The average Bonchev–Trinajstić information content (AvgIpc) is 2.72. The zero-order valence-electron chi connectivity index (χ0n) is 17.2. The maximum atomic E-state index is 13.6. The van der Waals surface area contributed by atoms with Crippen LogP contribution < -0.4 is 24.8 Å². The van der Waals surface area contributed by atoms with Crippen LogP contribution in [-0.2, 0) is 6.42 Å². The van der Waals surface area contributed by atoms with Crippen molar-refractivity contribution in [3.8, 4) is 17.2 Å². The van der Waals surface area contributed by atoms with Crippen LogP contribution in [0.4, 0.5) is 4.39 Å². The highest BCUT2D eigenvalue weighted by molar-refractivity contribution is 14.0. The Kier molecular flexibility index (Phi) is 11.2. The minimum absolute atomic E-state index is 0. The minimum Gasteiger partial charge on any atom is -0.493 e. The average molecular weight is 517 g/mol. The molecule has 0 aromatic heterocycles. The lowest BCUT2D eigenvalue weighted by molar-refractivity contribution is 0.214. The number of hydrogen-bond donors (Lipinski definition) is 2. The number of methoxy groups -OCH3 is 2. The molecule has 160 valence electrons. The topological polar surface area (TPSA) is 64.1 Å². The summed E-state index contributed by atoms with van der Waals surface area (Å²) < 4.78 is 29.8. The third kappa shape index (κ3) is 7.96. The van der Waals surface area contributed by atoms with E-state index in [1.54, 1.807) is 39.5 Å². The van der Waals surface area contributed by atoms with Crippen molar-refractivity contribution in [3.05, 3.63) is 53.8 Å². The number of aliphatic imine (C=N–C) groups is 1. The zero-order chi connectivity index (χ0) is 20.4. The first-order chi connectivity index (χ1) is 13.6. The second-order valence-corrected chi connectivity index (χ2v) is 6.18. The van der Waals surface area contributed by atoms with Crippen LogP contribution in [0.2, 0.25) is 0 Å². The van der Waals surface area contributed by atoms with Crippen molar-refractivity contribution in [2.45, 2.75) is 19.4 Å². The van der Waals surface area contributed by atoms with Gasteiger partial charge in [-0.25, -0.2) is 4.39 Å². The predicted molar refractivity (Wildman–Crippen MR) is 125 cm³/mol. The molecule has 2 rings (SSSR count). The van der Waals surface area contributed by atoms with E-state index in [2.05, 4.69) is 15.6 Å². The van der Waals surface area contributed by atoms with Crippen LogP contribution in [0.5, 0.6) is 17.2 Å². The first-order valence-corrected chi connectivity index (χ1v) is 9.14. The molecule has 6 nitrogen and oxygen atoms in total. The lowest BCUT2D eigenvalue weighted by atomic mass is 10.1. The Morgan fingerprint density at radius 3 is 2.41 bits per heavy atom. The van der Waals surface area contributed by atoms with E-state index < -0.39 is 0 Å². The molecule has 2 N–H and O–H groups in total. The number of nitrogens with zero attached hydrogens (tertiary/aromatic N) is 1. The van der Waals surface area contributed by atoms with Crippen LogP contribution in [0.25, 0.3) is 0 Å². The van der Waals surface area contributed by atoms with Gasteiger partial charge in [-0.1, -0.05) is 18.2 Å². The zero-order valence-corrected chi connectivity index (χ0v) is 19.5. The van der Waals surface area contributed by atoms with Gasteiger partial charge in [0.25, 0.3) is 0 Å². The molecule has 1 atom stereocenters. The van der Waals surface area contributed by atoms with E-state index in [1.807, 2.05) is 25.1 Å². The normalized spacial score (nSPS) is 11.8. The summed E-state index contributed by atoms with van der Waals surface area (Å²) in [7, 11) is 4.94. The summed E-state index contributed by atoms with van der Waals surface area (Å²) in [6.45, 7) is 3.05. The van der Waals surface area contributed by atoms with Gasteiger partial charge >= 0.3 is 0 Å². The molecule has 0 spiro atoms. The highest BCUT2D eigenvalue weighted by Crippen LogP contribution is 2.27. The largest absolute Gasteiger partial charge is 0.493 e. The number of ether oxygens (including phenoxy) is 3. The van der Waals surface area contributed by atoms with Gasteiger partial charge in [0, 0.05) is 13.6 Å². The van der Waals surface area contributed by atoms with E-state index in [1.165, 1.54) is 6.07 Å². The monoisotopic (exact) mass is 517 g/mol. The molecule has 1 unspecified atom stereocenters. The quantitative estimate of drug-likeness (QED) is 0.302. The second-order valence-electron chi connectivity index (χ2n) is 6.18. The van der Waals surface area contributed by atoms with Crippen molar-refractivity contribution in [3.63, 3.8) is 0 Å². The molecule has 0 fully saturated rings. The molecule has 0 saturated heterocycles. The summed E-state index contributed by atoms with van der Waals surface area (Å²) in [6.07, 6.45) is 0.573. The summed E-state index contributed by atoms with van der Waals surface area (Å²) in [4.78, 5) is 4.20. The van der Waals surface area contributed by atoms with E-state index in [9.17, 15) is 4.39 Å². The maximum absolute atomic E-state index is 13.6. The van der Waals surface area contributed by atoms with Gasteiger partial charge in [-0.3, -0.25) is 4.99 Å². The van der Waals surface area contributed by atoms with Gasteiger partial charge in [0.1, 0.15) is 6.10 Å². The molecule has 0 heterocycles. The van der Waals surface area contributed by atoms with Gasteiger partial charge in [0.05, 0.1) is 20.8 Å². The van der Waals surface area contributed by atoms with Crippen molar-refractivity contribution in [2.24, 2.45) is 4.99 Å². The number of hydrogen-bond acceptors (Lipinski definition) is 4. The Labute approximate surface area is 188 Å². The van der Waals surface area contributed by atoms with E-state index >= 15 is 0 Å². The van der Waals surface area contributed by atoms with E-state index in [0.717, 1.165) is 12.0 Å². The molecule has 2 aromatic rings. The van der Waals surface area contributed by atoms with E-state index in [0.29, 0.717) is 30.5 Å². The second kappa shape index (κ2) is 13.1. The molecule has 0 radical (unpaired) electrons. The van der Waals surface area contributed by atoms with Crippen molar-refractivity contribution in [1.82, 2.24) is 10.6 Å². The van der Waals surface area contributed by atoms with Crippen LogP contribution in [0, 0.1) is 5.82 Å². The molecule has 0 aliphatic rings. The molecule has 8 heteroatoms. The van der Waals surface area contributed by atoms with Gasteiger partial charge in [-0.2, -0.15) is 0 Å². The Balaban J connectivity index is 0.00000420. The van der Waals surface area contributed by atoms with Crippen LogP contribution in [-0.4, -0.2) is 46.4 Å². The smallest absolute Gasteiger partial charge is 0.191 e. The minimum atomic E-state index is -0.369. The number of para-hydroxylation sites is 1. The van der Waals surface area contributed by atoms with Crippen LogP contribution in [0.1, 0.15) is 12.5 Å². The fourth-order valence-electron chi connectivity index (χ4n) is 2.62. The number of benzene rings is 2. The highest BCUT2D eigenvalue weighted by atomic mass is 127. The molecule has 0 saturated carbocycles. The van der Waals surface area contributed by atoms with Crippen molar-refractivity contribution >= 4 is 29.9 Å². The molecular weight excluding hydrogens is 488 g/mol. The Hall–Kier alpha value is -2.23. The Morgan fingerprint density at radius 2 is 1.76 bits per heavy atom. The third-order valence-corrected chi connectivity index (χ3v) is 4.10. The first-order valence-electron chi connectivity index (χ1n) is 9.14. The highest BCUT2D eigenvalue weighted by Gasteiger charge is 2.09. The molecular formula is C21H29FIN3O3. The van der Waals surface area contributed by atoms with Crippen molar-refractivity contribution < 1.29 is 18.6 Å². The Bertz CT molecular complexity index is 790. The van der Waals surface area contributed by atoms with Gasteiger partial charge in [0.15, 0.2) is 29.0 Å². The predicted octanol–water partition coefficient (Wildman–Crippen LogP) is 3.64. The van der Waals surface area contributed by atoms with Gasteiger partial charge in [-0.05, 0) is 43.2 Å². The summed E-state index contributed by atoms with van der Waals surface area (Å²) in [5.74, 6) is 1.95. The van der Waals surface area contributed by atoms with E-state index in [-0.39, 0.29) is 41.6 Å². The van der Waals surface area contributed by atoms with Crippen molar-refractivity contribution in [2.75, 3.05) is 34.4 Å². The summed E-state index contributed by atoms with van der Waals surface area (Å²) in [6, 6.07) is 12.2. The van der Waals surface area contributed by atoms with Crippen LogP contribution in [0.3, 0.4) is 0 Å². The molecule has 0 aliphatic heterocycles. The fraction of sp³-hybridized carbons (Fsp3) is 0.381. The number of nitrogens with one attached hydrogen (secondary N) is 2. The third-order valence-electron chi connectivity index (χ3n) is 4.10. The summed E-state index contributed by atoms with van der Waals surface area (Å²) in [5.41, 5.74) is 1.12.